The number of benzene rings is 2. The van der Waals surface area contributed by atoms with Crippen molar-refractivity contribution in [1.82, 2.24) is 0 Å². The Morgan fingerprint density at radius 1 is 0.850 bits per heavy atom. The Hall–Kier alpha value is -2.39. The highest BCUT2D eigenvalue weighted by Gasteiger charge is 2.31. The van der Waals surface area contributed by atoms with E-state index in [9.17, 15) is 9.90 Å². The summed E-state index contributed by atoms with van der Waals surface area (Å²) in [6.45, 7) is 6.28. The van der Waals surface area contributed by atoms with Crippen LogP contribution >= 0.6 is 0 Å². The molecule has 2 aromatic rings. The summed E-state index contributed by atoms with van der Waals surface area (Å²) in [6, 6.07) is 15.9. The van der Waals surface area contributed by atoms with Crippen LogP contribution in [-0.2, 0) is 22.4 Å². The van der Waals surface area contributed by atoms with Gasteiger partial charge in [-0.05, 0) is 109 Å². The number of aryl methyl sites for hydroxylation is 1. The van der Waals surface area contributed by atoms with E-state index >= 15 is 0 Å². The van der Waals surface area contributed by atoms with E-state index in [1.165, 1.54) is 111 Å². The van der Waals surface area contributed by atoms with E-state index in [0.717, 1.165) is 30.6 Å². The predicted molar refractivity (Wildman–Crippen MR) is 166 cm³/mol. The van der Waals surface area contributed by atoms with Crippen LogP contribution in [0.25, 0.3) is 11.1 Å². The summed E-state index contributed by atoms with van der Waals surface area (Å²) in [7, 11) is 0. The number of hydrogen-bond acceptors (Lipinski definition) is 3. The van der Waals surface area contributed by atoms with E-state index in [1.807, 2.05) is 0 Å². The van der Waals surface area contributed by atoms with Gasteiger partial charge in [0, 0.05) is 12.7 Å². The van der Waals surface area contributed by atoms with Gasteiger partial charge in [-0.1, -0.05) is 94.5 Å². The number of carbonyl (C=O) groups is 1. The van der Waals surface area contributed by atoms with Gasteiger partial charge in [-0.2, -0.15) is 0 Å². The Kier molecular flexibility index (Phi) is 12.3. The average molecular weight is 545 g/mol. The van der Waals surface area contributed by atoms with E-state index in [4.69, 9.17) is 4.74 Å². The van der Waals surface area contributed by atoms with E-state index in [0.29, 0.717) is 18.9 Å². The molecule has 0 saturated heterocycles. The molecule has 0 aliphatic heterocycles. The molecule has 0 bridgehead atoms. The monoisotopic (exact) mass is 544 g/mol. The second-order valence-corrected chi connectivity index (χ2v) is 12.4. The van der Waals surface area contributed by atoms with Crippen molar-refractivity contribution in [3.05, 3.63) is 71.8 Å². The van der Waals surface area contributed by atoms with E-state index in [-0.39, 0.29) is 12.6 Å². The molecule has 1 N–H and O–H groups in total. The molecule has 218 valence electrons. The Morgan fingerprint density at radius 2 is 1.52 bits per heavy atom. The maximum atomic E-state index is 11.3. The summed E-state index contributed by atoms with van der Waals surface area (Å²) in [6.07, 6.45) is 20.6. The lowest BCUT2D eigenvalue weighted by Crippen LogP contribution is -2.25. The molecule has 0 radical (unpaired) electrons. The molecular weight excluding hydrogens is 492 g/mol. The molecule has 2 saturated carbocycles. The van der Waals surface area contributed by atoms with Crippen molar-refractivity contribution < 1.29 is 14.6 Å². The number of hydrogen-bond donors (Lipinski definition) is 1. The van der Waals surface area contributed by atoms with Gasteiger partial charge in [0.2, 0.25) is 0 Å². The van der Waals surface area contributed by atoms with Crippen molar-refractivity contribution in [2.75, 3.05) is 13.2 Å². The summed E-state index contributed by atoms with van der Waals surface area (Å²) < 4.78 is 5.15. The third kappa shape index (κ3) is 8.80. The molecule has 40 heavy (non-hydrogen) atoms. The zero-order valence-corrected chi connectivity index (χ0v) is 24.9. The maximum absolute atomic E-state index is 11.3. The van der Waals surface area contributed by atoms with E-state index < -0.39 is 0 Å². The van der Waals surface area contributed by atoms with Crippen LogP contribution in [0.2, 0.25) is 0 Å². The molecule has 2 aliphatic rings. The van der Waals surface area contributed by atoms with Gasteiger partial charge in [0.1, 0.15) is 0 Å². The SMILES string of the molecule is C=CC(=O)OCCCc1cc(-c2ccc(C3CCC(C4CCC(CCCCC)CC4)CC3)cc2)ccc1CCO. The summed E-state index contributed by atoms with van der Waals surface area (Å²) in [4.78, 5) is 11.3. The van der Waals surface area contributed by atoms with Crippen molar-refractivity contribution in [3.8, 4) is 11.1 Å². The van der Waals surface area contributed by atoms with Gasteiger partial charge in [0.25, 0.3) is 0 Å². The largest absolute Gasteiger partial charge is 0.463 e. The predicted octanol–water partition coefficient (Wildman–Crippen LogP) is 9.21. The Balaban J connectivity index is 1.28. The van der Waals surface area contributed by atoms with Gasteiger partial charge in [-0.3, -0.25) is 0 Å². The molecule has 2 fully saturated rings. The molecule has 0 amide bonds. The van der Waals surface area contributed by atoms with Crippen LogP contribution in [0.4, 0.5) is 0 Å². The smallest absolute Gasteiger partial charge is 0.330 e. The zero-order chi connectivity index (χ0) is 28.2. The van der Waals surface area contributed by atoms with Gasteiger partial charge >= 0.3 is 5.97 Å². The van der Waals surface area contributed by atoms with E-state index in [2.05, 4.69) is 56.0 Å². The van der Waals surface area contributed by atoms with Crippen molar-refractivity contribution in [2.24, 2.45) is 17.8 Å². The fourth-order valence-electron chi connectivity index (χ4n) is 7.40. The molecule has 0 unspecified atom stereocenters. The molecule has 4 rings (SSSR count). The highest BCUT2D eigenvalue weighted by atomic mass is 16.5. The average Bonchev–Trinajstić information content (AvgIpc) is 3.00. The zero-order valence-electron chi connectivity index (χ0n) is 24.9. The number of esters is 1. The first-order chi connectivity index (χ1) is 19.6. The van der Waals surface area contributed by atoms with Gasteiger partial charge < -0.3 is 9.84 Å². The Bertz CT molecular complexity index is 1040. The highest BCUT2D eigenvalue weighted by molar-refractivity contribution is 5.81. The van der Waals surface area contributed by atoms with Crippen molar-refractivity contribution in [3.63, 3.8) is 0 Å². The van der Waals surface area contributed by atoms with Gasteiger partial charge in [0.05, 0.1) is 6.61 Å². The third-order valence-electron chi connectivity index (χ3n) is 9.85. The minimum absolute atomic E-state index is 0.134. The minimum atomic E-state index is -0.377. The number of carbonyl (C=O) groups excluding carboxylic acids is 1. The van der Waals surface area contributed by atoms with Crippen LogP contribution in [0.5, 0.6) is 0 Å². The first-order valence-electron chi connectivity index (χ1n) is 16.2. The molecular formula is C37H52O3. The normalized spacial score (nSPS) is 23.1. The number of ether oxygens (including phenoxy) is 1. The van der Waals surface area contributed by atoms with Crippen LogP contribution in [0.1, 0.15) is 113 Å². The molecule has 0 spiro atoms. The Morgan fingerprint density at radius 3 is 2.17 bits per heavy atom. The van der Waals surface area contributed by atoms with Crippen LogP contribution in [0.3, 0.4) is 0 Å². The summed E-state index contributed by atoms with van der Waals surface area (Å²) in [5.41, 5.74) is 6.34. The lowest BCUT2D eigenvalue weighted by molar-refractivity contribution is -0.137. The molecule has 0 atom stereocenters. The Labute approximate surface area is 243 Å². The van der Waals surface area contributed by atoms with Crippen LogP contribution in [0.15, 0.2) is 55.1 Å². The van der Waals surface area contributed by atoms with Gasteiger partial charge in [-0.25, -0.2) is 4.79 Å². The van der Waals surface area contributed by atoms with Crippen LogP contribution in [0, 0.1) is 17.8 Å². The molecule has 2 aliphatic carbocycles. The molecule has 2 aromatic carbocycles. The molecule has 3 nitrogen and oxygen atoms in total. The maximum Gasteiger partial charge on any atom is 0.330 e. The summed E-state index contributed by atoms with van der Waals surface area (Å²) in [5, 5.41) is 9.52. The van der Waals surface area contributed by atoms with E-state index in [1.54, 1.807) is 0 Å². The lowest BCUT2D eigenvalue weighted by Gasteiger charge is -2.38. The summed E-state index contributed by atoms with van der Waals surface area (Å²) in [5.74, 6) is 3.29. The lowest BCUT2D eigenvalue weighted by atomic mass is 9.68. The van der Waals surface area contributed by atoms with Crippen molar-refractivity contribution in [2.45, 2.75) is 109 Å². The second-order valence-electron chi connectivity index (χ2n) is 12.4. The van der Waals surface area contributed by atoms with Gasteiger partial charge in [0.15, 0.2) is 0 Å². The second kappa shape index (κ2) is 16.2. The number of aliphatic hydroxyl groups is 1. The molecule has 0 heterocycles. The van der Waals surface area contributed by atoms with Crippen LogP contribution < -0.4 is 0 Å². The quantitative estimate of drug-likeness (QED) is 0.146. The van der Waals surface area contributed by atoms with Crippen LogP contribution in [-0.4, -0.2) is 24.3 Å². The van der Waals surface area contributed by atoms with Crippen molar-refractivity contribution in [1.29, 1.82) is 0 Å². The molecule has 0 aromatic heterocycles. The first-order valence-corrected chi connectivity index (χ1v) is 16.2. The highest BCUT2D eigenvalue weighted by Crippen LogP contribution is 2.44. The number of rotatable bonds is 14. The fourth-order valence-corrected chi connectivity index (χ4v) is 7.40. The van der Waals surface area contributed by atoms with Gasteiger partial charge in [-0.15, -0.1) is 0 Å². The minimum Gasteiger partial charge on any atom is -0.463 e. The summed E-state index contributed by atoms with van der Waals surface area (Å²) >= 11 is 0. The number of aliphatic hydroxyl groups excluding tert-OH is 1. The number of unbranched alkanes of at least 4 members (excludes halogenated alkanes) is 2. The fraction of sp³-hybridized carbons (Fsp3) is 0.595. The molecule has 3 heteroatoms. The first kappa shape index (κ1) is 30.6. The third-order valence-corrected chi connectivity index (χ3v) is 9.85. The standard InChI is InChI=1S/C37H52O3/c1-3-5-6-8-28-10-12-29(13-11-28)30-14-16-31(17-15-30)32-18-20-33(21-19-32)36-23-22-34(24-25-38)35(27-36)9-7-26-40-37(39)4-2/h4,18-23,27-31,38H,2-3,5-17,24-26H2,1H3. The van der Waals surface area contributed by atoms with Crippen molar-refractivity contribution >= 4 is 5.97 Å². The topological polar surface area (TPSA) is 46.5 Å².